The number of thiazole rings is 1. The van der Waals surface area contributed by atoms with Gasteiger partial charge in [-0.05, 0) is 31.2 Å². The van der Waals surface area contributed by atoms with Crippen LogP contribution < -0.4 is 5.32 Å². The van der Waals surface area contributed by atoms with E-state index in [1.807, 2.05) is 0 Å². The summed E-state index contributed by atoms with van der Waals surface area (Å²) in [6.07, 6.45) is 0. The molecular weight excluding hydrogens is 337 g/mol. The third-order valence-electron chi connectivity index (χ3n) is 3.30. The fourth-order valence-corrected chi connectivity index (χ4v) is 3.17. The maximum Gasteiger partial charge on any atom is 0.267 e. The van der Waals surface area contributed by atoms with E-state index >= 15 is 0 Å². The van der Waals surface area contributed by atoms with Crippen LogP contribution in [0.1, 0.15) is 15.4 Å². The molecule has 7 heteroatoms. The van der Waals surface area contributed by atoms with Gasteiger partial charge in [-0.1, -0.05) is 18.2 Å². The first-order valence-corrected chi connectivity index (χ1v) is 7.76. The van der Waals surface area contributed by atoms with Crippen LogP contribution in [0, 0.1) is 24.4 Å². The van der Waals surface area contributed by atoms with Gasteiger partial charge in [0.2, 0.25) is 0 Å². The molecule has 3 aromatic rings. The van der Waals surface area contributed by atoms with Crippen LogP contribution in [-0.4, -0.2) is 10.9 Å². The van der Waals surface area contributed by atoms with Crippen LogP contribution in [-0.2, 0) is 0 Å². The van der Waals surface area contributed by atoms with E-state index in [9.17, 15) is 18.0 Å². The molecular formula is C17H11F3N2OS. The second kappa shape index (κ2) is 6.45. The van der Waals surface area contributed by atoms with Crippen LogP contribution in [0.15, 0.2) is 42.5 Å². The molecule has 0 bridgehead atoms. The van der Waals surface area contributed by atoms with Crippen LogP contribution >= 0.6 is 11.3 Å². The second-order valence-corrected chi connectivity index (χ2v) is 5.96. The minimum Gasteiger partial charge on any atom is -0.319 e. The molecule has 3 rings (SSSR count). The predicted octanol–water partition coefficient (Wildman–Crippen LogP) is 4.79. The highest BCUT2D eigenvalue weighted by Crippen LogP contribution is 2.32. The van der Waals surface area contributed by atoms with Gasteiger partial charge in [0.1, 0.15) is 27.3 Å². The Morgan fingerprint density at radius 2 is 1.62 bits per heavy atom. The molecule has 0 aliphatic rings. The lowest BCUT2D eigenvalue weighted by atomic mass is 10.2. The number of anilines is 1. The van der Waals surface area contributed by atoms with Crippen LogP contribution in [0.5, 0.6) is 0 Å². The summed E-state index contributed by atoms with van der Waals surface area (Å²) in [7, 11) is 0. The predicted molar refractivity (Wildman–Crippen MR) is 86.6 cm³/mol. The maximum absolute atomic E-state index is 13.9. The third-order valence-corrected chi connectivity index (χ3v) is 4.48. The topological polar surface area (TPSA) is 42.0 Å². The number of rotatable bonds is 3. The van der Waals surface area contributed by atoms with Gasteiger partial charge in [-0.25, -0.2) is 18.2 Å². The van der Waals surface area contributed by atoms with E-state index in [4.69, 9.17) is 0 Å². The molecule has 0 spiro atoms. The molecule has 122 valence electrons. The van der Waals surface area contributed by atoms with E-state index in [-0.39, 0.29) is 21.1 Å². The summed E-state index contributed by atoms with van der Waals surface area (Å²) in [5, 5.41) is 2.49. The first-order chi connectivity index (χ1) is 11.5. The van der Waals surface area contributed by atoms with Crippen molar-refractivity contribution in [1.82, 2.24) is 4.98 Å². The number of carbonyl (C=O) groups excluding carboxylic acids is 1. The summed E-state index contributed by atoms with van der Waals surface area (Å²) in [5.41, 5.74) is 0.0518. The summed E-state index contributed by atoms with van der Waals surface area (Å²) in [6.45, 7) is 1.55. The first kappa shape index (κ1) is 16.2. The zero-order chi connectivity index (χ0) is 17.3. The molecule has 0 aliphatic carbocycles. The van der Waals surface area contributed by atoms with Crippen LogP contribution in [0.25, 0.3) is 10.6 Å². The average Bonchev–Trinajstić information content (AvgIpc) is 2.91. The fraction of sp³-hybridized carbons (Fsp3) is 0.0588. The standard InChI is InChI=1S/C17H11F3N2OS/c1-9-15(16(23)22-13-8-3-2-5-10(13)18)24-17(21-9)14-11(19)6-4-7-12(14)20/h2-8H,1H3,(H,22,23). The van der Waals surface area contributed by atoms with E-state index < -0.39 is 23.4 Å². The molecule has 0 aliphatic heterocycles. The van der Waals surface area contributed by atoms with Crippen molar-refractivity contribution in [3.05, 3.63) is 70.5 Å². The number of nitrogens with one attached hydrogen (secondary N) is 1. The summed E-state index contributed by atoms with van der Waals surface area (Å²) in [5.74, 6) is -2.68. The van der Waals surface area contributed by atoms with Crippen molar-refractivity contribution >= 4 is 22.9 Å². The highest BCUT2D eigenvalue weighted by molar-refractivity contribution is 7.17. The Morgan fingerprint density at radius 3 is 2.29 bits per heavy atom. The lowest BCUT2D eigenvalue weighted by Gasteiger charge is -2.04. The van der Waals surface area contributed by atoms with Crippen LogP contribution in [0.4, 0.5) is 18.9 Å². The molecule has 1 aromatic heterocycles. The second-order valence-electron chi connectivity index (χ2n) is 4.96. The number of aryl methyl sites for hydroxylation is 1. The van der Waals surface area contributed by atoms with Crippen molar-refractivity contribution in [2.24, 2.45) is 0 Å². The molecule has 0 saturated heterocycles. The van der Waals surface area contributed by atoms with Gasteiger partial charge < -0.3 is 5.32 Å². The van der Waals surface area contributed by atoms with Gasteiger partial charge in [0.25, 0.3) is 5.91 Å². The largest absolute Gasteiger partial charge is 0.319 e. The third kappa shape index (κ3) is 3.03. The van der Waals surface area contributed by atoms with Crippen molar-refractivity contribution in [2.75, 3.05) is 5.32 Å². The number of aromatic nitrogens is 1. The first-order valence-electron chi connectivity index (χ1n) is 6.95. The summed E-state index contributed by atoms with van der Waals surface area (Å²) in [6, 6.07) is 9.21. The summed E-state index contributed by atoms with van der Waals surface area (Å²) < 4.78 is 41.3. The van der Waals surface area contributed by atoms with Gasteiger partial charge in [-0.3, -0.25) is 4.79 Å². The molecule has 1 amide bonds. The summed E-state index contributed by atoms with van der Waals surface area (Å²) in [4.78, 5) is 16.5. The molecule has 24 heavy (non-hydrogen) atoms. The Kier molecular flexibility index (Phi) is 4.35. The van der Waals surface area contributed by atoms with Crippen molar-refractivity contribution < 1.29 is 18.0 Å². The minimum atomic E-state index is -0.759. The number of hydrogen-bond acceptors (Lipinski definition) is 3. The Bertz CT molecular complexity index is 904. The molecule has 1 N–H and O–H groups in total. The van der Waals surface area contributed by atoms with E-state index in [0.29, 0.717) is 5.69 Å². The Morgan fingerprint density at radius 1 is 1.00 bits per heavy atom. The molecule has 0 atom stereocenters. The van der Waals surface area contributed by atoms with E-state index in [1.54, 1.807) is 13.0 Å². The number of para-hydroxylation sites is 1. The Hall–Kier alpha value is -2.67. The molecule has 0 fully saturated rings. The monoisotopic (exact) mass is 348 g/mol. The Balaban J connectivity index is 1.95. The quantitative estimate of drug-likeness (QED) is 0.739. The zero-order valence-corrected chi connectivity index (χ0v) is 13.3. The average molecular weight is 348 g/mol. The van der Waals surface area contributed by atoms with E-state index in [2.05, 4.69) is 10.3 Å². The summed E-state index contributed by atoms with van der Waals surface area (Å²) >= 11 is 0.849. The number of benzene rings is 2. The van der Waals surface area contributed by atoms with Crippen molar-refractivity contribution in [3.8, 4) is 10.6 Å². The van der Waals surface area contributed by atoms with Gasteiger partial charge in [-0.15, -0.1) is 11.3 Å². The normalized spacial score (nSPS) is 10.7. The van der Waals surface area contributed by atoms with Crippen molar-refractivity contribution in [1.29, 1.82) is 0 Å². The van der Waals surface area contributed by atoms with E-state index in [0.717, 1.165) is 23.5 Å². The van der Waals surface area contributed by atoms with Gasteiger partial charge in [0, 0.05) is 0 Å². The smallest absolute Gasteiger partial charge is 0.267 e. The number of carbonyl (C=O) groups is 1. The van der Waals surface area contributed by atoms with Gasteiger partial charge >= 0.3 is 0 Å². The number of amides is 1. The van der Waals surface area contributed by atoms with Gasteiger partial charge in [-0.2, -0.15) is 0 Å². The molecule has 2 aromatic carbocycles. The van der Waals surface area contributed by atoms with Gasteiger partial charge in [0.15, 0.2) is 0 Å². The number of hydrogen-bond donors (Lipinski definition) is 1. The van der Waals surface area contributed by atoms with Crippen LogP contribution in [0.2, 0.25) is 0 Å². The molecule has 0 unspecified atom stereocenters. The highest BCUT2D eigenvalue weighted by Gasteiger charge is 2.21. The van der Waals surface area contributed by atoms with Gasteiger partial charge in [0.05, 0.1) is 16.9 Å². The fourth-order valence-electron chi connectivity index (χ4n) is 2.16. The molecule has 3 nitrogen and oxygen atoms in total. The van der Waals surface area contributed by atoms with Crippen LogP contribution in [0.3, 0.4) is 0 Å². The minimum absolute atomic E-state index is 0.0222. The zero-order valence-electron chi connectivity index (χ0n) is 12.4. The molecule has 0 radical (unpaired) electrons. The molecule has 0 saturated carbocycles. The lowest BCUT2D eigenvalue weighted by Crippen LogP contribution is -2.12. The maximum atomic E-state index is 13.9. The number of nitrogens with zero attached hydrogens (tertiary/aromatic N) is 1. The lowest BCUT2D eigenvalue weighted by molar-refractivity contribution is 0.102. The Labute approximate surface area is 139 Å². The molecule has 1 heterocycles. The van der Waals surface area contributed by atoms with Crippen molar-refractivity contribution in [3.63, 3.8) is 0 Å². The van der Waals surface area contributed by atoms with Crippen molar-refractivity contribution in [2.45, 2.75) is 6.92 Å². The number of halogens is 3. The van der Waals surface area contributed by atoms with E-state index in [1.165, 1.54) is 24.3 Å². The highest BCUT2D eigenvalue weighted by atomic mass is 32.1. The SMILES string of the molecule is Cc1nc(-c2c(F)cccc2F)sc1C(=O)Nc1ccccc1F.